The summed E-state index contributed by atoms with van der Waals surface area (Å²) in [7, 11) is 0. The molecule has 13 heavy (non-hydrogen) atoms. The summed E-state index contributed by atoms with van der Waals surface area (Å²) < 4.78 is 5.74. The van der Waals surface area contributed by atoms with Gasteiger partial charge in [-0.05, 0) is 25.7 Å². The Kier molecular flexibility index (Phi) is 6.43. The standard InChI is InChI=1S/C10H18BrClO/c11-7-3-4-8-13-10-6-2-1-5-9(10)12/h9-10H,1-8H2. The fourth-order valence-corrected chi connectivity index (χ4v) is 2.42. The smallest absolute Gasteiger partial charge is 0.0738 e. The van der Waals surface area contributed by atoms with Crippen molar-refractivity contribution in [1.82, 2.24) is 0 Å². The minimum Gasteiger partial charge on any atom is -0.377 e. The van der Waals surface area contributed by atoms with Crippen molar-refractivity contribution in [1.29, 1.82) is 0 Å². The van der Waals surface area contributed by atoms with Crippen LogP contribution in [0.1, 0.15) is 38.5 Å². The monoisotopic (exact) mass is 268 g/mol. The van der Waals surface area contributed by atoms with Crippen LogP contribution >= 0.6 is 27.5 Å². The molecule has 0 bridgehead atoms. The summed E-state index contributed by atoms with van der Waals surface area (Å²) >= 11 is 9.57. The van der Waals surface area contributed by atoms with E-state index in [2.05, 4.69) is 15.9 Å². The number of halogens is 2. The largest absolute Gasteiger partial charge is 0.377 e. The van der Waals surface area contributed by atoms with Gasteiger partial charge < -0.3 is 4.74 Å². The summed E-state index contributed by atoms with van der Waals surface area (Å²) in [6.07, 6.45) is 7.51. The second-order valence-corrected chi connectivity index (χ2v) is 4.96. The summed E-state index contributed by atoms with van der Waals surface area (Å²) in [5.41, 5.74) is 0. The predicted octanol–water partition coefficient (Wildman–Crippen LogP) is 3.73. The van der Waals surface area contributed by atoms with Gasteiger partial charge in [-0.15, -0.1) is 11.6 Å². The molecule has 1 fully saturated rings. The number of hydrogen-bond acceptors (Lipinski definition) is 1. The minimum atomic E-state index is 0.262. The van der Waals surface area contributed by atoms with Crippen molar-refractivity contribution in [3.63, 3.8) is 0 Å². The first-order valence-corrected chi connectivity index (χ1v) is 6.72. The van der Waals surface area contributed by atoms with Gasteiger partial charge in [0, 0.05) is 11.9 Å². The Hall–Kier alpha value is 0.730. The SMILES string of the molecule is ClC1CCCCC1OCCCCBr. The van der Waals surface area contributed by atoms with Gasteiger partial charge in [0.2, 0.25) is 0 Å². The lowest BCUT2D eigenvalue weighted by molar-refractivity contribution is 0.0300. The van der Waals surface area contributed by atoms with Crippen LogP contribution in [-0.4, -0.2) is 23.4 Å². The predicted molar refractivity (Wildman–Crippen MR) is 60.9 cm³/mol. The van der Waals surface area contributed by atoms with Gasteiger partial charge >= 0.3 is 0 Å². The molecule has 3 heteroatoms. The van der Waals surface area contributed by atoms with Crippen LogP contribution in [0.15, 0.2) is 0 Å². The van der Waals surface area contributed by atoms with E-state index in [-0.39, 0.29) is 5.38 Å². The minimum absolute atomic E-state index is 0.262. The van der Waals surface area contributed by atoms with E-state index in [0.717, 1.165) is 31.2 Å². The second kappa shape index (κ2) is 7.08. The molecule has 0 aromatic heterocycles. The molecule has 1 aliphatic carbocycles. The van der Waals surface area contributed by atoms with E-state index in [1.54, 1.807) is 0 Å². The maximum Gasteiger partial charge on any atom is 0.0738 e. The average molecular weight is 270 g/mol. The van der Waals surface area contributed by atoms with Gasteiger partial charge in [0.1, 0.15) is 0 Å². The van der Waals surface area contributed by atoms with Crippen molar-refractivity contribution < 1.29 is 4.74 Å². The highest BCUT2D eigenvalue weighted by Gasteiger charge is 2.23. The van der Waals surface area contributed by atoms with Gasteiger partial charge in [0.25, 0.3) is 0 Å². The van der Waals surface area contributed by atoms with Gasteiger partial charge in [-0.1, -0.05) is 28.8 Å². The van der Waals surface area contributed by atoms with Crippen LogP contribution in [0, 0.1) is 0 Å². The molecule has 0 N–H and O–H groups in total. The number of unbranched alkanes of at least 4 members (excludes halogenated alkanes) is 1. The molecule has 0 saturated heterocycles. The zero-order valence-electron chi connectivity index (χ0n) is 7.98. The molecule has 0 aromatic rings. The molecule has 78 valence electrons. The first kappa shape index (κ1) is 11.8. The number of hydrogen-bond donors (Lipinski definition) is 0. The lowest BCUT2D eigenvalue weighted by atomic mass is 9.97. The Bertz CT molecular complexity index is 132. The molecule has 1 aliphatic rings. The Morgan fingerprint density at radius 2 is 2.00 bits per heavy atom. The number of rotatable bonds is 5. The highest BCUT2D eigenvalue weighted by molar-refractivity contribution is 9.09. The van der Waals surface area contributed by atoms with E-state index >= 15 is 0 Å². The highest BCUT2D eigenvalue weighted by Crippen LogP contribution is 2.25. The van der Waals surface area contributed by atoms with Gasteiger partial charge in [-0.25, -0.2) is 0 Å². The van der Waals surface area contributed by atoms with E-state index in [1.165, 1.54) is 19.3 Å². The summed E-state index contributed by atoms with van der Waals surface area (Å²) in [4.78, 5) is 0. The Morgan fingerprint density at radius 1 is 1.23 bits per heavy atom. The fraction of sp³-hybridized carbons (Fsp3) is 1.00. The summed E-state index contributed by atoms with van der Waals surface area (Å²) in [6, 6.07) is 0. The molecule has 0 spiro atoms. The third-order valence-corrected chi connectivity index (χ3v) is 3.54. The van der Waals surface area contributed by atoms with Crippen LogP contribution in [0.4, 0.5) is 0 Å². The highest BCUT2D eigenvalue weighted by atomic mass is 79.9. The summed E-state index contributed by atoms with van der Waals surface area (Å²) in [6.45, 7) is 0.874. The molecule has 0 amide bonds. The molecule has 0 heterocycles. The average Bonchev–Trinajstić information content (AvgIpc) is 2.15. The van der Waals surface area contributed by atoms with E-state index in [4.69, 9.17) is 16.3 Å². The topological polar surface area (TPSA) is 9.23 Å². The molecular weight excluding hydrogens is 251 g/mol. The third kappa shape index (κ3) is 4.66. The van der Waals surface area contributed by atoms with Crippen molar-refractivity contribution in [2.75, 3.05) is 11.9 Å². The number of ether oxygens (including phenoxy) is 1. The molecule has 0 aliphatic heterocycles. The Balaban J connectivity index is 2.05. The molecule has 2 unspecified atom stereocenters. The zero-order valence-corrected chi connectivity index (χ0v) is 10.3. The second-order valence-electron chi connectivity index (χ2n) is 3.61. The molecule has 1 saturated carbocycles. The van der Waals surface area contributed by atoms with Crippen molar-refractivity contribution in [2.24, 2.45) is 0 Å². The number of alkyl halides is 2. The van der Waals surface area contributed by atoms with Crippen LogP contribution in [0.5, 0.6) is 0 Å². The van der Waals surface area contributed by atoms with Gasteiger partial charge in [0.05, 0.1) is 11.5 Å². The third-order valence-electron chi connectivity index (χ3n) is 2.48. The Labute approximate surface area is 94.3 Å². The van der Waals surface area contributed by atoms with Gasteiger partial charge in [-0.3, -0.25) is 0 Å². The van der Waals surface area contributed by atoms with Crippen molar-refractivity contribution in [2.45, 2.75) is 50.0 Å². The zero-order chi connectivity index (χ0) is 9.52. The maximum atomic E-state index is 6.16. The van der Waals surface area contributed by atoms with E-state index in [0.29, 0.717) is 6.10 Å². The molecule has 0 radical (unpaired) electrons. The molecule has 1 rings (SSSR count). The summed E-state index contributed by atoms with van der Waals surface area (Å²) in [5, 5.41) is 1.34. The normalized spacial score (nSPS) is 29.1. The lowest BCUT2D eigenvalue weighted by Gasteiger charge is -2.27. The molecule has 2 atom stereocenters. The maximum absolute atomic E-state index is 6.16. The lowest BCUT2D eigenvalue weighted by Crippen LogP contribution is -2.28. The molecular formula is C10H18BrClO. The Morgan fingerprint density at radius 3 is 2.69 bits per heavy atom. The van der Waals surface area contributed by atoms with Crippen LogP contribution in [0.3, 0.4) is 0 Å². The van der Waals surface area contributed by atoms with Gasteiger partial charge in [-0.2, -0.15) is 0 Å². The van der Waals surface area contributed by atoms with Crippen LogP contribution in [0.25, 0.3) is 0 Å². The van der Waals surface area contributed by atoms with Crippen LogP contribution in [-0.2, 0) is 4.74 Å². The van der Waals surface area contributed by atoms with Crippen molar-refractivity contribution in [3.05, 3.63) is 0 Å². The van der Waals surface area contributed by atoms with Crippen LogP contribution in [0.2, 0.25) is 0 Å². The van der Waals surface area contributed by atoms with Crippen molar-refractivity contribution >= 4 is 27.5 Å². The quantitative estimate of drug-likeness (QED) is 0.546. The van der Waals surface area contributed by atoms with E-state index in [1.807, 2.05) is 0 Å². The molecule has 1 nitrogen and oxygen atoms in total. The summed E-state index contributed by atoms with van der Waals surface area (Å²) in [5.74, 6) is 0. The first-order valence-electron chi connectivity index (χ1n) is 5.16. The van der Waals surface area contributed by atoms with E-state index in [9.17, 15) is 0 Å². The first-order chi connectivity index (χ1) is 6.34. The van der Waals surface area contributed by atoms with E-state index < -0.39 is 0 Å². The molecule has 0 aromatic carbocycles. The fourth-order valence-electron chi connectivity index (χ4n) is 1.67. The van der Waals surface area contributed by atoms with Crippen LogP contribution < -0.4 is 0 Å². The van der Waals surface area contributed by atoms with Crippen molar-refractivity contribution in [3.8, 4) is 0 Å². The van der Waals surface area contributed by atoms with Gasteiger partial charge in [0.15, 0.2) is 0 Å².